The van der Waals surface area contributed by atoms with Gasteiger partial charge in [-0.15, -0.1) is 0 Å². The number of fused-ring (bicyclic) bond motifs is 1. The van der Waals surface area contributed by atoms with Gasteiger partial charge in [0, 0.05) is 27.7 Å². The van der Waals surface area contributed by atoms with Gasteiger partial charge in [0.1, 0.15) is 12.4 Å². The summed E-state index contributed by atoms with van der Waals surface area (Å²) >= 11 is 12.5. The molecule has 0 radical (unpaired) electrons. The van der Waals surface area contributed by atoms with Crippen molar-refractivity contribution in [1.29, 1.82) is 0 Å². The zero-order chi connectivity index (χ0) is 18.1. The van der Waals surface area contributed by atoms with Crippen LogP contribution in [-0.2, 0) is 19.4 Å². The maximum absolute atomic E-state index is 6.23. The summed E-state index contributed by atoms with van der Waals surface area (Å²) in [6.07, 6.45) is 6.24. The van der Waals surface area contributed by atoms with Gasteiger partial charge in [0.05, 0.1) is 0 Å². The molecule has 2 aromatic carbocycles. The van der Waals surface area contributed by atoms with Gasteiger partial charge in [-0.1, -0.05) is 35.3 Å². The van der Waals surface area contributed by atoms with E-state index in [0.29, 0.717) is 22.7 Å². The molecule has 0 saturated carbocycles. The molecule has 2 nitrogen and oxygen atoms in total. The van der Waals surface area contributed by atoms with Crippen LogP contribution in [0, 0.1) is 0 Å². The van der Waals surface area contributed by atoms with E-state index in [1.807, 2.05) is 18.2 Å². The van der Waals surface area contributed by atoms with Gasteiger partial charge in [-0.25, -0.2) is 0 Å². The quantitative estimate of drug-likeness (QED) is 0.643. The van der Waals surface area contributed by atoms with Crippen LogP contribution in [0.4, 0.5) is 0 Å². The minimum absolute atomic E-state index is 0.394. The van der Waals surface area contributed by atoms with Crippen LogP contribution >= 0.6 is 23.2 Å². The second-order valence-corrected chi connectivity index (χ2v) is 8.36. The smallest absolute Gasteiger partial charge is 0.120 e. The second kappa shape index (κ2) is 7.80. The van der Waals surface area contributed by atoms with Crippen molar-refractivity contribution < 1.29 is 4.74 Å². The fraction of sp³-hybridized carbons (Fsp3) is 0.455. The Bertz CT molecular complexity index is 771. The van der Waals surface area contributed by atoms with Crippen molar-refractivity contribution in [3.05, 3.63) is 63.1 Å². The molecule has 1 saturated heterocycles. The summed E-state index contributed by atoms with van der Waals surface area (Å²) in [6, 6.07) is 13.5. The zero-order valence-corrected chi connectivity index (χ0v) is 16.7. The summed E-state index contributed by atoms with van der Waals surface area (Å²) < 4.78 is 5.98. The summed E-state index contributed by atoms with van der Waals surface area (Å²) in [4.78, 5) is 2.72. The van der Waals surface area contributed by atoms with Crippen molar-refractivity contribution >= 4 is 23.2 Å². The Morgan fingerprint density at radius 1 is 1.08 bits per heavy atom. The van der Waals surface area contributed by atoms with Crippen molar-refractivity contribution in [3.8, 4) is 5.75 Å². The Morgan fingerprint density at radius 2 is 1.88 bits per heavy atom. The summed E-state index contributed by atoms with van der Waals surface area (Å²) in [5, 5.41) is 1.30. The molecule has 1 fully saturated rings. The van der Waals surface area contributed by atoms with E-state index in [-0.39, 0.29) is 0 Å². The van der Waals surface area contributed by atoms with E-state index in [1.54, 1.807) is 0 Å². The summed E-state index contributed by atoms with van der Waals surface area (Å²) in [5.41, 5.74) is 3.75. The average Bonchev–Trinajstić information content (AvgIpc) is 3.07. The Labute approximate surface area is 166 Å². The third kappa shape index (κ3) is 3.74. The lowest BCUT2D eigenvalue weighted by Gasteiger charge is -2.35. The molecule has 2 atom stereocenters. The Morgan fingerprint density at radius 3 is 2.62 bits per heavy atom. The topological polar surface area (TPSA) is 12.5 Å². The number of hydrogen-bond acceptors (Lipinski definition) is 2. The fourth-order valence-corrected chi connectivity index (χ4v) is 4.92. The number of ether oxygens (including phenoxy) is 1. The van der Waals surface area contributed by atoms with Gasteiger partial charge in [-0.3, -0.25) is 4.90 Å². The molecule has 4 heteroatoms. The third-order valence-corrected chi connectivity index (χ3v) is 6.61. The molecule has 2 aromatic rings. The summed E-state index contributed by atoms with van der Waals surface area (Å²) in [7, 11) is 0. The van der Waals surface area contributed by atoms with Crippen molar-refractivity contribution in [1.82, 2.24) is 4.90 Å². The van der Waals surface area contributed by atoms with Gasteiger partial charge in [0.15, 0.2) is 0 Å². The van der Waals surface area contributed by atoms with Crippen LogP contribution in [0.1, 0.15) is 42.9 Å². The number of likely N-dealkylation sites (tertiary alicyclic amines) is 1. The van der Waals surface area contributed by atoms with Gasteiger partial charge in [0.25, 0.3) is 0 Å². The fourth-order valence-electron chi connectivity index (χ4n) is 4.41. The van der Waals surface area contributed by atoms with Crippen LogP contribution in [-0.4, -0.2) is 23.5 Å². The Hall–Kier alpha value is -1.22. The van der Waals surface area contributed by atoms with Gasteiger partial charge < -0.3 is 4.74 Å². The van der Waals surface area contributed by atoms with E-state index >= 15 is 0 Å². The molecule has 1 aliphatic carbocycles. The SMILES string of the molecule is CC1CCCN1C1CCc2cc(OCc3c(Cl)cccc3Cl)ccc2C1. The molecular weight excluding hydrogens is 365 g/mol. The highest BCUT2D eigenvalue weighted by atomic mass is 35.5. The van der Waals surface area contributed by atoms with Crippen LogP contribution in [0.3, 0.4) is 0 Å². The molecule has 0 spiro atoms. The molecule has 138 valence electrons. The average molecular weight is 390 g/mol. The van der Waals surface area contributed by atoms with Crippen molar-refractivity contribution in [2.75, 3.05) is 6.54 Å². The lowest BCUT2D eigenvalue weighted by Crippen LogP contribution is -2.41. The molecule has 26 heavy (non-hydrogen) atoms. The van der Waals surface area contributed by atoms with E-state index in [1.165, 1.54) is 36.9 Å². The van der Waals surface area contributed by atoms with Gasteiger partial charge in [-0.05, 0) is 81.0 Å². The van der Waals surface area contributed by atoms with E-state index in [2.05, 4.69) is 30.0 Å². The van der Waals surface area contributed by atoms with E-state index in [0.717, 1.165) is 30.2 Å². The molecule has 2 aliphatic rings. The monoisotopic (exact) mass is 389 g/mol. The Balaban J connectivity index is 1.44. The minimum Gasteiger partial charge on any atom is -0.489 e. The lowest BCUT2D eigenvalue weighted by molar-refractivity contribution is 0.173. The summed E-state index contributed by atoms with van der Waals surface area (Å²) in [5.74, 6) is 0.896. The van der Waals surface area contributed by atoms with Crippen molar-refractivity contribution in [2.24, 2.45) is 0 Å². The first-order valence-corrected chi connectivity index (χ1v) is 10.3. The molecule has 4 rings (SSSR count). The van der Waals surface area contributed by atoms with Crippen LogP contribution in [0.25, 0.3) is 0 Å². The van der Waals surface area contributed by atoms with E-state index in [9.17, 15) is 0 Å². The molecule has 0 amide bonds. The zero-order valence-electron chi connectivity index (χ0n) is 15.2. The first-order chi connectivity index (χ1) is 12.6. The largest absolute Gasteiger partial charge is 0.489 e. The predicted octanol–water partition coefficient (Wildman–Crippen LogP) is 5.91. The number of rotatable bonds is 4. The van der Waals surface area contributed by atoms with Crippen LogP contribution in [0.15, 0.2) is 36.4 Å². The normalized spacial score (nSPS) is 23.0. The number of hydrogen-bond donors (Lipinski definition) is 0. The lowest BCUT2D eigenvalue weighted by atomic mass is 9.87. The Kier molecular flexibility index (Phi) is 5.45. The first kappa shape index (κ1) is 18.2. The highest BCUT2D eigenvalue weighted by Crippen LogP contribution is 2.32. The second-order valence-electron chi connectivity index (χ2n) is 7.55. The van der Waals surface area contributed by atoms with E-state index in [4.69, 9.17) is 27.9 Å². The third-order valence-electron chi connectivity index (χ3n) is 5.90. The number of aryl methyl sites for hydroxylation is 1. The molecular formula is C22H25Cl2NO. The molecule has 0 bridgehead atoms. The molecule has 1 aliphatic heterocycles. The maximum Gasteiger partial charge on any atom is 0.120 e. The van der Waals surface area contributed by atoms with Gasteiger partial charge in [-0.2, -0.15) is 0 Å². The number of nitrogens with zero attached hydrogens (tertiary/aromatic N) is 1. The van der Waals surface area contributed by atoms with Gasteiger partial charge >= 0.3 is 0 Å². The standard InChI is InChI=1S/C22H25Cl2NO/c1-15-4-3-11-25(15)18-9-7-17-13-19(10-8-16(17)12-18)26-14-20-21(23)5-2-6-22(20)24/h2,5-6,8,10,13,15,18H,3-4,7,9,11-12,14H2,1H3. The molecule has 1 heterocycles. The van der Waals surface area contributed by atoms with Crippen LogP contribution < -0.4 is 4.74 Å². The predicted molar refractivity (Wildman–Crippen MR) is 108 cm³/mol. The van der Waals surface area contributed by atoms with Crippen LogP contribution in [0.2, 0.25) is 10.0 Å². The highest BCUT2D eigenvalue weighted by molar-refractivity contribution is 6.35. The first-order valence-electron chi connectivity index (χ1n) is 9.55. The molecule has 2 unspecified atom stereocenters. The van der Waals surface area contributed by atoms with E-state index < -0.39 is 0 Å². The van der Waals surface area contributed by atoms with Crippen LogP contribution in [0.5, 0.6) is 5.75 Å². The summed E-state index contributed by atoms with van der Waals surface area (Å²) in [6.45, 7) is 4.03. The number of halogens is 2. The van der Waals surface area contributed by atoms with Crippen molar-refractivity contribution in [3.63, 3.8) is 0 Å². The maximum atomic E-state index is 6.23. The van der Waals surface area contributed by atoms with Gasteiger partial charge in [0.2, 0.25) is 0 Å². The minimum atomic E-state index is 0.394. The number of benzene rings is 2. The molecule has 0 aromatic heterocycles. The van der Waals surface area contributed by atoms with Crippen molar-refractivity contribution in [2.45, 2.75) is 57.7 Å². The highest BCUT2D eigenvalue weighted by Gasteiger charge is 2.30. The molecule has 0 N–H and O–H groups in total.